The van der Waals surface area contributed by atoms with Crippen LogP contribution in [0.2, 0.25) is 0 Å². The number of unbranched alkanes of at least 4 members (excludes halogenated alkanes) is 27. The van der Waals surface area contributed by atoms with Crippen molar-refractivity contribution in [1.29, 1.82) is 0 Å². The largest absolute Gasteiger partial charge is 0.368 e. The Kier molecular flexibility index (Phi) is 47.3. The van der Waals surface area contributed by atoms with Gasteiger partial charge < -0.3 is 49.5 Å². The summed E-state index contributed by atoms with van der Waals surface area (Å²) in [6.07, 6.45) is 37.4. The molecule has 0 aliphatic rings. The van der Waals surface area contributed by atoms with E-state index in [1.54, 1.807) is 0 Å². The van der Waals surface area contributed by atoms with Crippen LogP contribution < -0.4 is 49.5 Å². The summed E-state index contributed by atoms with van der Waals surface area (Å²) in [7, 11) is 0. The Hall–Kier alpha value is -3.30. The van der Waals surface area contributed by atoms with Crippen LogP contribution in [0, 0.1) is 0 Å². The fraction of sp³-hybridized carbons (Fsp3) is 0.889. The van der Waals surface area contributed by atoms with Gasteiger partial charge >= 0.3 is 0 Å². The molecule has 0 aromatic rings. The first-order chi connectivity index (χ1) is 33.6. The van der Waals surface area contributed by atoms with Gasteiger partial charge in [-0.05, 0) is 110 Å². The van der Waals surface area contributed by atoms with Gasteiger partial charge in [0.2, 0.25) is 35.4 Å². The molecule has 0 saturated carbocycles. The van der Waals surface area contributed by atoms with Crippen LogP contribution >= 0.6 is 0 Å². The minimum absolute atomic E-state index is 0.0289. The van der Waals surface area contributed by atoms with Gasteiger partial charge in [-0.25, -0.2) is 0 Å². The van der Waals surface area contributed by atoms with Crippen LogP contribution in [0.15, 0.2) is 0 Å². The van der Waals surface area contributed by atoms with Crippen LogP contribution in [0.25, 0.3) is 0 Å². The van der Waals surface area contributed by atoms with E-state index in [-0.39, 0.29) is 29.5 Å². The molecule has 0 radical (unpaired) electrons. The number of primary amides is 1. The molecule has 0 bridgehead atoms. The van der Waals surface area contributed by atoms with Gasteiger partial charge in [0.15, 0.2) is 0 Å². The molecule has 0 heterocycles. The van der Waals surface area contributed by atoms with Crippen LogP contribution in [-0.4, -0.2) is 86.3 Å². The van der Waals surface area contributed by atoms with Crippen molar-refractivity contribution in [2.75, 3.05) is 32.7 Å². The maximum absolute atomic E-state index is 13.0. The molecule has 13 N–H and O–H groups in total. The third-order valence-electron chi connectivity index (χ3n) is 13.1. The first-order valence-electron chi connectivity index (χ1n) is 28.4. The van der Waals surface area contributed by atoms with Gasteiger partial charge in [0, 0.05) is 32.4 Å². The standard InChI is InChI=1S/C54H107N9O6/c1-2-3-4-5-6-9-14-20-25-39-50(65)62-47(36-28-31-42-56)53(68)59-45-34-23-18-13-8-11-16-21-26-40-51(66)63-48(37-29-32-43-57)54(69)60-44-33-22-17-12-7-10-15-19-24-38-49(64)61-46(52(58)67)35-27-30-41-55/h46-48H,2-45,55-57H2,1H3,(H2,58,67)(H,59,68)(H,60,69)(H,61,64)(H,62,65)(H,63,66)/t46-,47-,48-/m0/s1. The van der Waals surface area contributed by atoms with Crippen molar-refractivity contribution in [1.82, 2.24) is 26.6 Å². The predicted molar refractivity (Wildman–Crippen MR) is 284 cm³/mol. The number of nitrogens with one attached hydrogen (secondary N) is 5. The minimum Gasteiger partial charge on any atom is -0.368 e. The summed E-state index contributed by atoms with van der Waals surface area (Å²) >= 11 is 0. The van der Waals surface area contributed by atoms with Crippen molar-refractivity contribution in [2.24, 2.45) is 22.9 Å². The highest BCUT2D eigenvalue weighted by Crippen LogP contribution is 2.14. The molecule has 0 fully saturated rings. The Morgan fingerprint density at radius 3 is 0.884 bits per heavy atom. The van der Waals surface area contributed by atoms with Crippen molar-refractivity contribution < 1.29 is 28.8 Å². The Bertz CT molecular complexity index is 1270. The number of carbonyl (C=O) groups is 6. The zero-order chi connectivity index (χ0) is 50.8. The van der Waals surface area contributed by atoms with E-state index in [4.69, 9.17) is 22.9 Å². The maximum atomic E-state index is 13.0. The number of hydrogen-bond donors (Lipinski definition) is 9. The third-order valence-corrected chi connectivity index (χ3v) is 13.1. The summed E-state index contributed by atoms with van der Waals surface area (Å²) in [6.45, 7) is 5.15. The van der Waals surface area contributed by atoms with Crippen molar-refractivity contribution >= 4 is 35.4 Å². The lowest BCUT2D eigenvalue weighted by atomic mass is 10.0. The van der Waals surface area contributed by atoms with E-state index in [1.807, 2.05) is 0 Å². The normalized spacial score (nSPS) is 12.5. The highest BCUT2D eigenvalue weighted by molar-refractivity contribution is 5.88. The van der Waals surface area contributed by atoms with Crippen LogP contribution in [-0.2, 0) is 28.8 Å². The molecule has 0 aromatic carbocycles. The molecule has 0 aromatic heterocycles. The van der Waals surface area contributed by atoms with E-state index >= 15 is 0 Å². The second kappa shape index (κ2) is 49.7. The second-order valence-electron chi connectivity index (χ2n) is 19.6. The topological polar surface area (TPSA) is 267 Å². The molecule has 6 amide bonds. The Morgan fingerprint density at radius 2 is 0.594 bits per heavy atom. The average Bonchev–Trinajstić information content (AvgIpc) is 3.33. The van der Waals surface area contributed by atoms with Gasteiger partial charge in [-0.15, -0.1) is 0 Å². The van der Waals surface area contributed by atoms with Gasteiger partial charge in [0.05, 0.1) is 0 Å². The highest BCUT2D eigenvalue weighted by atomic mass is 16.2. The molecular formula is C54H107N9O6. The molecule has 69 heavy (non-hydrogen) atoms. The van der Waals surface area contributed by atoms with Crippen molar-refractivity contribution in [2.45, 2.75) is 275 Å². The predicted octanol–water partition coefficient (Wildman–Crippen LogP) is 8.27. The number of hydrogen-bond acceptors (Lipinski definition) is 9. The fourth-order valence-electron chi connectivity index (χ4n) is 8.66. The molecule has 0 aliphatic heterocycles. The zero-order valence-electron chi connectivity index (χ0n) is 44.1. The lowest BCUT2D eigenvalue weighted by Crippen LogP contribution is -2.47. The third kappa shape index (κ3) is 43.2. The van der Waals surface area contributed by atoms with E-state index in [1.165, 1.54) is 44.9 Å². The lowest BCUT2D eigenvalue weighted by molar-refractivity contribution is -0.129. The first-order valence-corrected chi connectivity index (χ1v) is 28.4. The number of amides is 6. The van der Waals surface area contributed by atoms with E-state index in [0.717, 1.165) is 167 Å². The van der Waals surface area contributed by atoms with E-state index < -0.39 is 24.0 Å². The number of rotatable bonds is 52. The number of nitrogens with two attached hydrogens (primary N) is 4. The summed E-state index contributed by atoms with van der Waals surface area (Å²) in [5.41, 5.74) is 22.3. The molecule has 0 aliphatic carbocycles. The van der Waals surface area contributed by atoms with Gasteiger partial charge in [-0.3, -0.25) is 28.8 Å². The average molecular weight is 979 g/mol. The van der Waals surface area contributed by atoms with Crippen LogP contribution in [0.3, 0.4) is 0 Å². The van der Waals surface area contributed by atoms with Crippen LogP contribution in [0.1, 0.15) is 257 Å². The van der Waals surface area contributed by atoms with Gasteiger partial charge in [0.1, 0.15) is 18.1 Å². The molecule has 15 heteroatoms. The molecule has 0 saturated heterocycles. The van der Waals surface area contributed by atoms with Crippen LogP contribution in [0.5, 0.6) is 0 Å². The first kappa shape index (κ1) is 65.7. The molecule has 0 unspecified atom stereocenters. The maximum Gasteiger partial charge on any atom is 0.242 e. The molecular weight excluding hydrogens is 871 g/mol. The highest BCUT2D eigenvalue weighted by Gasteiger charge is 2.21. The summed E-state index contributed by atoms with van der Waals surface area (Å²) in [5.74, 6) is -0.912. The second-order valence-corrected chi connectivity index (χ2v) is 19.6. The zero-order valence-corrected chi connectivity index (χ0v) is 44.1. The smallest absolute Gasteiger partial charge is 0.242 e. The summed E-state index contributed by atoms with van der Waals surface area (Å²) in [6, 6.07) is -1.64. The SMILES string of the molecule is CCCCCCCCCCCC(=O)N[C@@H](CCCCN)C(=O)NCCCCCCCCCCCC(=O)N[C@@H](CCCCN)C(=O)NCCCCCCCCCCCC(=O)N[C@@H](CCCCN)C(N)=O. The quantitative estimate of drug-likeness (QED) is 0.0265. The molecule has 404 valence electrons. The minimum atomic E-state index is -0.617. The van der Waals surface area contributed by atoms with Gasteiger partial charge in [-0.2, -0.15) is 0 Å². The number of carbonyl (C=O) groups excluding carboxylic acids is 6. The van der Waals surface area contributed by atoms with Gasteiger partial charge in [-0.1, -0.05) is 148 Å². The fourth-order valence-corrected chi connectivity index (χ4v) is 8.66. The summed E-state index contributed by atoms with van der Waals surface area (Å²) < 4.78 is 0. The summed E-state index contributed by atoms with van der Waals surface area (Å²) in [4.78, 5) is 75.3. The Morgan fingerprint density at radius 1 is 0.333 bits per heavy atom. The van der Waals surface area contributed by atoms with E-state index in [2.05, 4.69) is 33.5 Å². The van der Waals surface area contributed by atoms with E-state index in [0.29, 0.717) is 71.2 Å². The van der Waals surface area contributed by atoms with Crippen molar-refractivity contribution in [3.05, 3.63) is 0 Å². The molecule has 15 nitrogen and oxygen atoms in total. The Balaban J connectivity index is 4.11. The molecule has 3 atom stereocenters. The summed E-state index contributed by atoms with van der Waals surface area (Å²) in [5, 5.41) is 14.9. The van der Waals surface area contributed by atoms with Crippen LogP contribution in [0.4, 0.5) is 0 Å². The monoisotopic (exact) mass is 978 g/mol. The molecule has 0 rings (SSSR count). The Labute approximate surface area is 420 Å². The molecule has 0 spiro atoms. The lowest BCUT2D eigenvalue weighted by Gasteiger charge is -2.18. The van der Waals surface area contributed by atoms with Crippen molar-refractivity contribution in [3.8, 4) is 0 Å². The van der Waals surface area contributed by atoms with Crippen molar-refractivity contribution in [3.63, 3.8) is 0 Å². The van der Waals surface area contributed by atoms with E-state index in [9.17, 15) is 28.8 Å². The van der Waals surface area contributed by atoms with Gasteiger partial charge in [0.25, 0.3) is 0 Å².